The molecule has 0 atom stereocenters. The van der Waals surface area contributed by atoms with Crippen molar-refractivity contribution in [2.75, 3.05) is 0 Å². The number of carbonyl (C=O) groups is 1. The summed E-state index contributed by atoms with van der Waals surface area (Å²) in [5.74, 6) is 0.245. The van der Waals surface area contributed by atoms with Gasteiger partial charge in [0.25, 0.3) is 0 Å². The molecule has 0 bridgehead atoms. The summed E-state index contributed by atoms with van der Waals surface area (Å²) in [6.45, 7) is 0. The van der Waals surface area contributed by atoms with Crippen molar-refractivity contribution in [3.63, 3.8) is 0 Å². The molecule has 1 N–H and O–H groups in total. The molecule has 0 fully saturated rings. The number of phenols is 1. The Balaban J connectivity index is 1.92. The maximum absolute atomic E-state index is 11.2. The third-order valence-corrected chi connectivity index (χ3v) is 5.73. The molecule has 0 unspecified atom stereocenters. The van der Waals surface area contributed by atoms with E-state index in [0.29, 0.717) is 5.56 Å². The molecule has 0 aromatic heterocycles. The van der Waals surface area contributed by atoms with Crippen molar-refractivity contribution in [3.8, 4) is 16.9 Å². The number of hydrogen-bond acceptors (Lipinski definition) is 2. The maximum atomic E-state index is 11.2. The van der Waals surface area contributed by atoms with Crippen LogP contribution in [0, 0.1) is 0 Å². The molecule has 0 amide bonds. The van der Waals surface area contributed by atoms with Crippen molar-refractivity contribution < 1.29 is 9.90 Å². The molecule has 2 heteroatoms. The van der Waals surface area contributed by atoms with Gasteiger partial charge in [-0.15, -0.1) is 0 Å². The van der Waals surface area contributed by atoms with Crippen molar-refractivity contribution in [2.24, 2.45) is 0 Å². The summed E-state index contributed by atoms with van der Waals surface area (Å²) in [5, 5.41) is 9.87. The molecule has 0 heterocycles. The van der Waals surface area contributed by atoms with Gasteiger partial charge in [-0.2, -0.15) is 0 Å². The molecular weight excluding hydrogens is 344 g/mol. The van der Waals surface area contributed by atoms with Crippen LogP contribution in [0.3, 0.4) is 0 Å². The number of hydrogen-bond donors (Lipinski definition) is 1. The molecule has 0 radical (unpaired) electrons. The van der Waals surface area contributed by atoms with Crippen LogP contribution in [0.2, 0.25) is 0 Å². The van der Waals surface area contributed by atoms with Crippen molar-refractivity contribution in [3.05, 3.63) is 125 Å². The second kappa shape index (κ2) is 6.21. The van der Waals surface area contributed by atoms with Gasteiger partial charge in [0, 0.05) is 5.56 Å². The van der Waals surface area contributed by atoms with Crippen LogP contribution in [0.1, 0.15) is 32.6 Å². The van der Waals surface area contributed by atoms with Crippen molar-refractivity contribution in [1.82, 2.24) is 0 Å². The summed E-state index contributed by atoms with van der Waals surface area (Å²) in [4.78, 5) is 11.2. The highest BCUT2D eigenvalue weighted by atomic mass is 16.3. The minimum Gasteiger partial charge on any atom is -0.508 e. The summed E-state index contributed by atoms with van der Waals surface area (Å²) < 4.78 is 0. The Morgan fingerprint density at radius 1 is 0.607 bits per heavy atom. The van der Waals surface area contributed by atoms with Crippen LogP contribution in [-0.4, -0.2) is 11.4 Å². The van der Waals surface area contributed by atoms with E-state index in [0.717, 1.165) is 17.4 Å². The highest BCUT2D eigenvalue weighted by Crippen LogP contribution is 2.55. The van der Waals surface area contributed by atoms with E-state index < -0.39 is 5.41 Å². The van der Waals surface area contributed by atoms with E-state index in [1.165, 1.54) is 22.3 Å². The maximum Gasteiger partial charge on any atom is 0.150 e. The highest BCUT2D eigenvalue weighted by molar-refractivity contribution is 5.86. The van der Waals surface area contributed by atoms with Crippen LogP contribution >= 0.6 is 0 Å². The zero-order chi connectivity index (χ0) is 19.1. The fourth-order valence-corrected chi connectivity index (χ4v) is 4.55. The summed E-state index contributed by atoms with van der Waals surface area (Å²) in [6, 6.07) is 32.2. The van der Waals surface area contributed by atoms with E-state index >= 15 is 0 Å². The lowest BCUT2D eigenvalue weighted by Crippen LogP contribution is -2.28. The Kier molecular flexibility index (Phi) is 3.66. The first-order valence-corrected chi connectivity index (χ1v) is 9.30. The Morgan fingerprint density at radius 3 is 1.57 bits per heavy atom. The molecule has 0 spiro atoms. The van der Waals surface area contributed by atoms with E-state index in [1.807, 2.05) is 36.4 Å². The van der Waals surface area contributed by atoms with Gasteiger partial charge in [-0.3, -0.25) is 4.79 Å². The molecule has 1 aliphatic carbocycles. The number of aromatic hydroxyl groups is 1. The van der Waals surface area contributed by atoms with E-state index in [1.54, 1.807) is 12.1 Å². The first kappa shape index (κ1) is 16.5. The molecule has 2 nitrogen and oxygen atoms in total. The van der Waals surface area contributed by atoms with Gasteiger partial charge in [-0.05, 0) is 45.5 Å². The molecule has 0 saturated carbocycles. The largest absolute Gasteiger partial charge is 0.508 e. The van der Waals surface area contributed by atoms with Crippen LogP contribution in [0.15, 0.2) is 97.1 Å². The molecule has 4 aromatic carbocycles. The molecular formula is C26H18O2. The normalized spacial score (nSPS) is 13.6. The van der Waals surface area contributed by atoms with Gasteiger partial charge >= 0.3 is 0 Å². The van der Waals surface area contributed by atoms with Crippen molar-refractivity contribution in [1.29, 1.82) is 0 Å². The second-order valence-corrected chi connectivity index (χ2v) is 7.13. The number of fused-ring (bicyclic) bond motifs is 3. The summed E-state index contributed by atoms with van der Waals surface area (Å²) in [5.41, 5.74) is 7.19. The average molecular weight is 362 g/mol. The van der Waals surface area contributed by atoms with Crippen LogP contribution in [-0.2, 0) is 5.41 Å². The standard InChI is InChI=1S/C26H18O2/c27-17-18-9-11-19(12-10-18)26(20-13-15-21(28)16-14-20)24-7-3-1-5-22(24)23-6-2-4-8-25(23)26/h1-17,28H. The smallest absolute Gasteiger partial charge is 0.150 e. The fourth-order valence-electron chi connectivity index (χ4n) is 4.55. The lowest BCUT2D eigenvalue weighted by molar-refractivity contribution is 0.112. The van der Waals surface area contributed by atoms with Crippen LogP contribution in [0.25, 0.3) is 11.1 Å². The lowest BCUT2D eigenvalue weighted by Gasteiger charge is -2.33. The minimum absolute atomic E-state index is 0.245. The molecule has 134 valence electrons. The molecule has 5 rings (SSSR count). The molecule has 4 aromatic rings. The second-order valence-electron chi connectivity index (χ2n) is 7.13. The van der Waals surface area contributed by atoms with Gasteiger partial charge in [0.05, 0.1) is 5.41 Å². The van der Waals surface area contributed by atoms with Gasteiger partial charge in [-0.1, -0.05) is 84.9 Å². The Morgan fingerprint density at radius 2 is 1.07 bits per heavy atom. The Hall–Kier alpha value is -3.65. The number of benzene rings is 4. The Bertz CT molecular complexity index is 1130. The lowest BCUT2D eigenvalue weighted by atomic mass is 9.67. The van der Waals surface area contributed by atoms with Gasteiger partial charge < -0.3 is 5.11 Å². The van der Waals surface area contributed by atoms with Gasteiger partial charge in [0.2, 0.25) is 0 Å². The Labute approximate surface area is 163 Å². The number of phenolic OH excluding ortho intramolecular Hbond substituents is 1. The van der Waals surface area contributed by atoms with Crippen LogP contribution in [0.5, 0.6) is 5.75 Å². The molecule has 1 aliphatic rings. The van der Waals surface area contributed by atoms with E-state index in [2.05, 4.69) is 48.5 Å². The minimum atomic E-state index is -0.498. The number of carbonyl (C=O) groups excluding carboxylic acids is 1. The van der Waals surface area contributed by atoms with Gasteiger partial charge in [0.15, 0.2) is 0 Å². The zero-order valence-corrected chi connectivity index (χ0v) is 15.2. The number of rotatable bonds is 3. The summed E-state index contributed by atoms with van der Waals surface area (Å²) in [7, 11) is 0. The van der Waals surface area contributed by atoms with E-state index in [9.17, 15) is 9.90 Å². The number of aldehydes is 1. The first-order valence-electron chi connectivity index (χ1n) is 9.30. The fraction of sp³-hybridized carbons (Fsp3) is 0.0385. The highest BCUT2D eigenvalue weighted by Gasteiger charge is 2.45. The van der Waals surface area contributed by atoms with Crippen molar-refractivity contribution in [2.45, 2.75) is 5.41 Å². The average Bonchev–Trinajstić information content (AvgIpc) is 3.06. The van der Waals surface area contributed by atoms with E-state index in [-0.39, 0.29) is 5.75 Å². The van der Waals surface area contributed by atoms with Crippen LogP contribution in [0.4, 0.5) is 0 Å². The quantitative estimate of drug-likeness (QED) is 0.426. The predicted molar refractivity (Wildman–Crippen MR) is 111 cm³/mol. The van der Waals surface area contributed by atoms with Crippen LogP contribution < -0.4 is 0 Å². The third kappa shape index (κ3) is 2.18. The SMILES string of the molecule is O=Cc1ccc(C2(c3ccc(O)cc3)c3ccccc3-c3ccccc32)cc1. The monoisotopic (exact) mass is 362 g/mol. The topological polar surface area (TPSA) is 37.3 Å². The van der Waals surface area contributed by atoms with E-state index in [4.69, 9.17) is 0 Å². The first-order chi connectivity index (χ1) is 13.7. The van der Waals surface area contributed by atoms with Gasteiger partial charge in [-0.25, -0.2) is 0 Å². The molecule has 28 heavy (non-hydrogen) atoms. The molecule has 0 aliphatic heterocycles. The molecule has 0 saturated heterocycles. The van der Waals surface area contributed by atoms with Crippen molar-refractivity contribution >= 4 is 6.29 Å². The summed E-state index contributed by atoms with van der Waals surface area (Å²) >= 11 is 0. The third-order valence-electron chi connectivity index (χ3n) is 5.73. The zero-order valence-electron chi connectivity index (χ0n) is 15.2. The predicted octanol–water partition coefficient (Wildman–Crippen LogP) is 5.57. The summed E-state index contributed by atoms with van der Waals surface area (Å²) in [6.07, 6.45) is 0.869. The van der Waals surface area contributed by atoms with Gasteiger partial charge in [0.1, 0.15) is 12.0 Å².